The molecule has 2 rings (SSSR count). The molecule has 0 saturated carbocycles. The number of nitro benzene ring substituents is 1. The van der Waals surface area contributed by atoms with Gasteiger partial charge in [-0.1, -0.05) is 12.1 Å². The van der Waals surface area contributed by atoms with Gasteiger partial charge in [-0.2, -0.15) is 0 Å². The van der Waals surface area contributed by atoms with Crippen LogP contribution in [0.1, 0.15) is 12.0 Å². The zero-order valence-corrected chi connectivity index (χ0v) is 8.87. The fourth-order valence-electron chi connectivity index (χ4n) is 1.98. The van der Waals surface area contributed by atoms with Crippen LogP contribution in [-0.2, 0) is 6.54 Å². The van der Waals surface area contributed by atoms with E-state index in [2.05, 4.69) is 4.90 Å². The van der Waals surface area contributed by atoms with Crippen molar-refractivity contribution in [1.29, 1.82) is 0 Å². The first-order chi connectivity index (χ1) is 7.65. The number of hydrogen-bond donors (Lipinski definition) is 1. The molecule has 1 saturated heterocycles. The second kappa shape index (κ2) is 4.59. The molecular weight excluding hydrogens is 208 g/mol. The van der Waals surface area contributed by atoms with Gasteiger partial charge in [0.2, 0.25) is 0 Å². The molecular formula is C11H14N2O3. The molecule has 1 aromatic rings. The number of hydrogen-bond acceptors (Lipinski definition) is 4. The number of β-amino-alcohol motifs (C(OH)–C–C–N with tert-alkyl or cyclic N) is 1. The van der Waals surface area contributed by atoms with Crippen molar-refractivity contribution in [3.8, 4) is 0 Å². The number of likely N-dealkylation sites (tertiary alicyclic amines) is 1. The van der Waals surface area contributed by atoms with Crippen molar-refractivity contribution in [1.82, 2.24) is 4.90 Å². The SMILES string of the molecule is O=[N+]([O-])c1cccc(CN2CC[C@H](O)C2)c1. The third kappa shape index (κ3) is 2.56. The molecule has 1 N–H and O–H groups in total. The van der Waals surface area contributed by atoms with Crippen LogP contribution in [0.4, 0.5) is 5.69 Å². The topological polar surface area (TPSA) is 66.6 Å². The van der Waals surface area contributed by atoms with Crippen LogP contribution in [0.2, 0.25) is 0 Å². The van der Waals surface area contributed by atoms with E-state index in [1.807, 2.05) is 6.07 Å². The van der Waals surface area contributed by atoms with E-state index in [9.17, 15) is 15.2 Å². The Morgan fingerprint density at radius 1 is 1.56 bits per heavy atom. The quantitative estimate of drug-likeness (QED) is 0.615. The molecule has 1 aliphatic rings. The van der Waals surface area contributed by atoms with Crippen molar-refractivity contribution in [2.75, 3.05) is 13.1 Å². The van der Waals surface area contributed by atoms with Gasteiger partial charge >= 0.3 is 0 Å². The fourth-order valence-corrected chi connectivity index (χ4v) is 1.98. The Morgan fingerprint density at radius 2 is 2.38 bits per heavy atom. The lowest BCUT2D eigenvalue weighted by molar-refractivity contribution is -0.384. The van der Waals surface area contributed by atoms with Gasteiger partial charge < -0.3 is 5.11 Å². The van der Waals surface area contributed by atoms with Crippen molar-refractivity contribution in [3.63, 3.8) is 0 Å². The van der Waals surface area contributed by atoms with Crippen molar-refractivity contribution in [3.05, 3.63) is 39.9 Å². The van der Waals surface area contributed by atoms with Gasteiger partial charge in [-0.25, -0.2) is 0 Å². The Labute approximate surface area is 93.5 Å². The summed E-state index contributed by atoms with van der Waals surface area (Å²) in [6.45, 7) is 2.17. The summed E-state index contributed by atoms with van der Waals surface area (Å²) in [6.07, 6.45) is 0.535. The molecule has 0 amide bonds. The van der Waals surface area contributed by atoms with Gasteiger partial charge in [0.1, 0.15) is 0 Å². The number of nitro groups is 1. The van der Waals surface area contributed by atoms with E-state index in [-0.39, 0.29) is 16.7 Å². The van der Waals surface area contributed by atoms with E-state index >= 15 is 0 Å². The molecule has 0 unspecified atom stereocenters. The van der Waals surface area contributed by atoms with E-state index in [4.69, 9.17) is 0 Å². The third-order valence-corrected chi connectivity index (χ3v) is 2.78. The highest BCUT2D eigenvalue weighted by Gasteiger charge is 2.20. The summed E-state index contributed by atoms with van der Waals surface area (Å²) in [4.78, 5) is 12.3. The van der Waals surface area contributed by atoms with Gasteiger partial charge in [0.05, 0.1) is 11.0 Å². The summed E-state index contributed by atoms with van der Waals surface area (Å²) in [5.41, 5.74) is 1.04. The molecule has 86 valence electrons. The molecule has 1 aromatic carbocycles. The minimum absolute atomic E-state index is 0.122. The number of rotatable bonds is 3. The van der Waals surface area contributed by atoms with Crippen molar-refractivity contribution < 1.29 is 10.0 Å². The van der Waals surface area contributed by atoms with Crippen molar-refractivity contribution in [2.24, 2.45) is 0 Å². The van der Waals surface area contributed by atoms with E-state index in [1.165, 1.54) is 6.07 Å². The van der Waals surface area contributed by atoms with Gasteiger partial charge in [0.15, 0.2) is 0 Å². The average Bonchev–Trinajstić information content (AvgIpc) is 2.64. The standard InChI is InChI=1S/C11H14N2O3/c14-11-4-5-12(8-11)7-9-2-1-3-10(6-9)13(15)16/h1-3,6,11,14H,4-5,7-8H2/t11-/m0/s1. The van der Waals surface area contributed by atoms with Crippen LogP contribution in [0.5, 0.6) is 0 Å². The van der Waals surface area contributed by atoms with Crippen LogP contribution in [-0.4, -0.2) is 34.1 Å². The summed E-state index contributed by atoms with van der Waals surface area (Å²) in [5, 5.41) is 20.0. The number of benzene rings is 1. The largest absolute Gasteiger partial charge is 0.392 e. The highest BCUT2D eigenvalue weighted by atomic mass is 16.6. The lowest BCUT2D eigenvalue weighted by Crippen LogP contribution is -2.21. The van der Waals surface area contributed by atoms with Crippen LogP contribution in [0.3, 0.4) is 0 Å². The first-order valence-corrected chi connectivity index (χ1v) is 5.29. The molecule has 5 heteroatoms. The maximum atomic E-state index is 10.6. The number of aliphatic hydroxyl groups is 1. The zero-order valence-electron chi connectivity index (χ0n) is 8.87. The highest BCUT2D eigenvalue weighted by molar-refractivity contribution is 5.34. The number of non-ortho nitro benzene ring substituents is 1. The van der Waals surface area contributed by atoms with Crippen LogP contribution < -0.4 is 0 Å². The zero-order chi connectivity index (χ0) is 11.5. The monoisotopic (exact) mass is 222 g/mol. The summed E-state index contributed by atoms with van der Waals surface area (Å²) in [5.74, 6) is 0. The predicted molar refractivity (Wildman–Crippen MR) is 59.0 cm³/mol. The van der Waals surface area contributed by atoms with Crippen molar-refractivity contribution in [2.45, 2.75) is 19.1 Å². The van der Waals surface area contributed by atoms with Gasteiger partial charge in [0, 0.05) is 31.8 Å². The van der Waals surface area contributed by atoms with Crippen molar-refractivity contribution >= 4 is 5.69 Å². The fraction of sp³-hybridized carbons (Fsp3) is 0.455. The molecule has 1 heterocycles. The Kier molecular flexibility index (Phi) is 3.17. The molecule has 1 atom stereocenters. The van der Waals surface area contributed by atoms with Crippen LogP contribution >= 0.6 is 0 Å². The number of nitrogens with zero attached hydrogens (tertiary/aromatic N) is 2. The maximum Gasteiger partial charge on any atom is 0.269 e. The summed E-state index contributed by atoms with van der Waals surface area (Å²) in [7, 11) is 0. The lowest BCUT2D eigenvalue weighted by atomic mass is 10.2. The molecule has 1 aliphatic heterocycles. The van der Waals surface area contributed by atoms with Gasteiger partial charge in [-0.3, -0.25) is 15.0 Å². The smallest absolute Gasteiger partial charge is 0.269 e. The van der Waals surface area contributed by atoms with E-state index < -0.39 is 0 Å². The average molecular weight is 222 g/mol. The van der Waals surface area contributed by atoms with Gasteiger partial charge in [-0.05, 0) is 12.0 Å². The van der Waals surface area contributed by atoms with Crippen LogP contribution in [0, 0.1) is 10.1 Å². The minimum Gasteiger partial charge on any atom is -0.392 e. The normalized spacial score (nSPS) is 21.2. The Balaban J connectivity index is 2.04. The molecule has 16 heavy (non-hydrogen) atoms. The van der Waals surface area contributed by atoms with Crippen LogP contribution in [0.25, 0.3) is 0 Å². The first-order valence-electron chi connectivity index (χ1n) is 5.29. The van der Waals surface area contributed by atoms with E-state index in [1.54, 1.807) is 12.1 Å². The minimum atomic E-state index is -0.387. The second-order valence-corrected chi connectivity index (χ2v) is 4.10. The molecule has 1 fully saturated rings. The molecule has 0 spiro atoms. The Morgan fingerprint density at radius 3 is 3.00 bits per heavy atom. The molecule has 5 nitrogen and oxygen atoms in total. The summed E-state index contributed by atoms with van der Waals surface area (Å²) in [6, 6.07) is 6.64. The third-order valence-electron chi connectivity index (χ3n) is 2.78. The summed E-state index contributed by atoms with van der Waals surface area (Å²) >= 11 is 0. The maximum absolute atomic E-state index is 10.6. The van der Waals surface area contributed by atoms with Gasteiger partial charge in [-0.15, -0.1) is 0 Å². The Hall–Kier alpha value is -1.46. The molecule has 0 radical (unpaired) electrons. The Bertz CT molecular complexity index is 395. The number of aliphatic hydroxyl groups excluding tert-OH is 1. The van der Waals surface area contributed by atoms with Crippen LogP contribution in [0.15, 0.2) is 24.3 Å². The van der Waals surface area contributed by atoms with E-state index in [0.29, 0.717) is 13.1 Å². The predicted octanol–water partition coefficient (Wildman–Crippen LogP) is 1.16. The molecule has 0 aliphatic carbocycles. The molecule has 0 bridgehead atoms. The first kappa shape index (κ1) is 11.0. The second-order valence-electron chi connectivity index (χ2n) is 4.10. The molecule has 0 aromatic heterocycles. The highest BCUT2D eigenvalue weighted by Crippen LogP contribution is 2.17. The summed E-state index contributed by atoms with van der Waals surface area (Å²) < 4.78 is 0. The van der Waals surface area contributed by atoms with Gasteiger partial charge in [0.25, 0.3) is 5.69 Å². The lowest BCUT2D eigenvalue weighted by Gasteiger charge is -2.14. The van der Waals surface area contributed by atoms with E-state index in [0.717, 1.165) is 18.5 Å².